The number of carbonyl (C=O) groups is 1. The quantitative estimate of drug-likeness (QED) is 0.0692. The summed E-state index contributed by atoms with van der Waals surface area (Å²) in [6, 6.07) is 20.5. The molecule has 5 heteroatoms. The molecule has 0 unspecified atom stereocenters. The van der Waals surface area contributed by atoms with E-state index in [1.165, 1.54) is 112 Å². The van der Waals surface area contributed by atoms with Crippen molar-refractivity contribution in [2.75, 3.05) is 0 Å². The summed E-state index contributed by atoms with van der Waals surface area (Å²) >= 11 is 1.98. The van der Waals surface area contributed by atoms with Gasteiger partial charge in [0.05, 0.1) is 17.6 Å². The van der Waals surface area contributed by atoms with Crippen LogP contribution in [0.25, 0.3) is 42.2 Å². The maximum absolute atomic E-state index is 12.3. The van der Waals surface area contributed by atoms with Gasteiger partial charge in [-0.1, -0.05) is 143 Å². The fraction of sp³-hybridized carbons (Fsp3) is 0.527. The summed E-state index contributed by atoms with van der Waals surface area (Å²) in [5, 5.41) is 15.6. The van der Waals surface area contributed by atoms with Gasteiger partial charge >= 0.3 is 0 Å². The van der Waals surface area contributed by atoms with Crippen LogP contribution in [-0.4, -0.2) is 10.9 Å². The van der Waals surface area contributed by atoms with Crippen molar-refractivity contribution in [3.05, 3.63) is 103 Å². The molecule has 3 nitrogen and oxygen atoms in total. The Hall–Kier alpha value is -3.11. The predicted octanol–water partition coefficient (Wildman–Crippen LogP) is 15.7. The number of aromatic nitrogens is 1. The van der Waals surface area contributed by atoms with Crippen LogP contribution >= 0.6 is 11.3 Å². The average Bonchev–Trinajstić information content (AvgIpc) is 3.54. The van der Waals surface area contributed by atoms with Gasteiger partial charge in [0.1, 0.15) is 0 Å². The van der Waals surface area contributed by atoms with Gasteiger partial charge in [-0.25, -0.2) is 0 Å². The number of hydrogen-bond donors (Lipinski definition) is 1. The number of pyridine rings is 1. The fourth-order valence-electron chi connectivity index (χ4n) is 11.3. The van der Waals surface area contributed by atoms with E-state index in [1.54, 1.807) is 5.56 Å². The molecule has 5 aromatic rings. The standard InChI is InChI=1S/C38H42NS.C17H32O2.Ir/c1-25-27-12-7-8-13-29(27)33(37(2,3)4)24-32(25)34-36-31(18-23-39(34)5)30-15-11-14-28(35(30)40-36)26-16-21-38(22-17-26)19-9-6-10-20-38;1-10(2)16(11(3)4)14(18)9-15(19)17(12(5)6)13(7)8;/h7-8,11-15,18,23-24,26H,1,5-6,9-10,16-17,19-22H2,2-4H3;9-13,16-18H,1-8H3;/q-1;;/b;14-9-;. The summed E-state index contributed by atoms with van der Waals surface area (Å²) in [5.41, 5.74) is 7.10. The average molecular weight is 1010 g/mol. The molecule has 2 aliphatic carbocycles. The van der Waals surface area contributed by atoms with Crippen molar-refractivity contribution >= 4 is 48.1 Å². The Morgan fingerprint density at radius 3 is 1.88 bits per heavy atom. The summed E-state index contributed by atoms with van der Waals surface area (Å²) in [6.07, 6.45) is 16.4. The second-order valence-corrected chi connectivity index (χ2v) is 21.8. The molecular weight excluding hydrogens is 931 g/mol. The summed E-state index contributed by atoms with van der Waals surface area (Å²) in [6.45, 7) is 28.2. The van der Waals surface area contributed by atoms with Crippen LogP contribution < -0.4 is 4.57 Å². The number of rotatable bonds is 9. The Balaban J connectivity index is 0.000000292. The van der Waals surface area contributed by atoms with Crippen molar-refractivity contribution in [2.45, 2.75) is 145 Å². The Morgan fingerprint density at radius 2 is 1.32 bits per heavy atom. The minimum absolute atomic E-state index is 0. The number of ketones is 1. The second kappa shape index (κ2) is 19.5. The second-order valence-electron chi connectivity index (χ2n) is 20.8. The molecule has 3 aromatic carbocycles. The third-order valence-corrected chi connectivity index (χ3v) is 15.4. The van der Waals surface area contributed by atoms with Crippen LogP contribution in [0.1, 0.15) is 157 Å². The van der Waals surface area contributed by atoms with Gasteiger partial charge in [-0.05, 0) is 101 Å². The number of allylic oxidation sites excluding steroid dienone is 2. The van der Waals surface area contributed by atoms with Gasteiger partial charge in [0, 0.05) is 54.5 Å². The van der Waals surface area contributed by atoms with Crippen LogP contribution in [0.4, 0.5) is 0 Å². The van der Waals surface area contributed by atoms with Gasteiger partial charge in [0.2, 0.25) is 0 Å². The Morgan fingerprint density at radius 1 is 0.767 bits per heavy atom. The summed E-state index contributed by atoms with van der Waals surface area (Å²) in [5.74, 6) is 2.31. The zero-order valence-corrected chi connectivity index (χ0v) is 41.9. The van der Waals surface area contributed by atoms with E-state index < -0.39 is 0 Å². The maximum atomic E-state index is 12.3. The number of thiophene rings is 1. The summed E-state index contributed by atoms with van der Waals surface area (Å²) in [7, 11) is 4.49. The molecule has 0 atom stereocenters. The van der Waals surface area contributed by atoms with Crippen LogP contribution in [-0.2, 0) is 30.3 Å². The molecule has 2 aliphatic rings. The minimum atomic E-state index is -0.0119. The van der Waals surface area contributed by atoms with Crippen LogP contribution in [0.3, 0.4) is 0 Å². The predicted molar refractivity (Wildman–Crippen MR) is 255 cm³/mol. The molecule has 0 saturated heterocycles. The molecule has 1 radical (unpaired) electrons. The molecule has 0 amide bonds. The minimum Gasteiger partial charge on any atom is -0.512 e. The van der Waals surface area contributed by atoms with E-state index in [-0.39, 0.29) is 48.9 Å². The molecule has 7 rings (SSSR count). The summed E-state index contributed by atoms with van der Waals surface area (Å²) in [4.78, 5) is 12.3. The van der Waals surface area contributed by atoms with Crippen LogP contribution in [0.2, 0.25) is 0 Å². The van der Waals surface area contributed by atoms with E-state index >= 15 is 0 Å². The molecule has 2 aromatic heterocycles. The van der Waals surface area contributed by atoms with Gasteiger partial charge in [0.15, 0.2) is 5.78 Å². The van der Waals surface area contributed by atoms with E-state index in [0.717, 1.165) is 5.56 Å². The van der Waals surface area contributed by atoms with Gasteiger partial charge < -0.3 is 9.67 Å². The topological polar surface area (TPSA) is 41.2 Å². The first-order valence-electron chi connectivity index (χ1n) is 22.9. The molecular formula is C55H74IrNO2S-. The van der Waals surface area contributed by atoms with E-state index in [1.807, 2.05) is 11.3 Å². The van der Waals surface area contributed by atoms with E-state index in [2.05, 4.69) is 155 Å². The number of benzene rings is 3. The Bertz CT molecular complexity index is 2270. The first-order chi connectivity index (χ1) is 27.8. The fourth-order valence-corrected chi connectivity index (χ4v) is 12.8. The molecule has 327 valence electrons. The molecule has 1 N–H and O–H groups in total. The number of aliphatic hydroxyl groups is 1. The van der Waals surface area contributed by atoms with Gasteiger partial charge in [-0.15, -0.1) is 34.4 Å². The first kappa shape index (κ1) is 47.9. The van der Waals surface area contributed by atoms with Crippen molar-refractivity contribution in [3.8, 4) is 11.3 Å². The zero-order valence-electron chi connectivity index (χ0n) is 38.7. The number of fused-ring (bicyclic) bond motifs is 4. The number of carbonyl (C=O) groups excluding carboxylic acids is 1. The third kappa shape index (κ3) is 9.90. The number of hydrogen-bond acceptors (Lipinski definition) is 3. The molecule has 2 heterocycles. The van der Waals surface area contributed by atoms with Gasteiger partial charge in [0.25, 0.3) is 0 Å². The number of nitrogens with zero attached hydrogens (tertiary/aromatic N) is 1. The molecule has 2 fully saturated rings. The van der Waals surface area contributed by atoms with Gasteiger partial charge in [-0.2, -0.15) is 12.5 Å². The Kier molecular flexibility index (Phi) is 15.6. The van der Waals surface area contributed by atoms with Crippen LogP contribution in [0.5, 0.6) is 0 Å². The maximum Gasteiger partial charge on any atom is 0.162 e. The van der Waals surface area contributed by atoms with Crippen molar-refractivity contribution in [3.63, 3.8) is 0 Å². The molecule has 0 aliphatic heterocycles. The van der Waals surface area contributed by atoms with E-state index in [4.69, 9.17) is 0 Å². The van der Waals surface area contributed by atoms with Crippen molar-refractivity contribution in [1.29, 1.82) is 0 Å². The van der Waals surface area contributed by atoms with Crippen molar-refractivity contribution < 1.29 is 34.6 Å². The molecule has 60 heavy (non-hydrogen) atoms. The van der Waals surface area contributed by atoms with Gasteiger partial charge in [-0.3, -0.25) is 4.79 Å². The summed E-state index contributed by atoms with van der Waals surface area (Å²) < 4.78 is 4.90. The largest absolute Gasteiger partial charge is 0.512 e. The van der Waals surface area contributed by atoms with Crippen LogP contribution in [0, 0.1) is 54.9 Å². The third-order valence-electron chi connectivity index (χ3n) is 14.2. The smallest absolute Gasteiger partial charge is 0.162 e. The van der Waals surface area contributed by atoms with E-state index in [0.29, 0.717) is 35.0 Å². The normalized spacial score (nSPS) is 16.5. The van der Waals surface area contributed by atoms with Crippen molar-refractivity contribution in [2.24, 2.45) is 40.9 Å². The van der Waals surface area contributed by atoms with Crippen LogP contribution in [0.15, 0.2) is 72.6 Å². The zero-order chi connectivity index (χ0) is 43.0. The first-order valence-corrected chi connectivity index (χ1v) is 23.7. The molecule has 2 saturated carbocycles. The monoisotopic (exact) mass is 1010 g/mol. The molecule has 0 bridgehead atoms. The number of aliphatic hydroxyl groups excluding tert-OH is 1. The van der Waals surface area contributed by atoms with E-state index in [9.17, 15) is 9.90 Å². The molecule has 1 spiro atoms. The Labute approximate surface area is 381 Å². The SMILES string of the molecule is CC(C)C(C(=O)/C=C(\O)C(C(C)C)C(C)C)C(C)C.[CH2-]c1c(-c2c3sc4c(C5CCC6(CCCCC6)CC5)cccc4c3cc[n+]2[CH2-])cc(C(C)(C)C)c2ccccc12.[Ir]. The van der Waals surface area contributed by atoms with Crippen molar-refractivity contribution in [1.82, 2.24) is 0 Å².